The van der Waals surface area contributed by atoms with Crippen LogP contribution >= 0.6 is 0 Å². The normalized spacial score (nSPS) is 13.5. The first-order valence-electron chi connectivity index (χ1n) is 24.9. The van der Waals surface area contributed by atoms with Crippen molar-refractivity contribution in [2.24, 2.45) is 0 Å². The van der Waals surface area contributed by atoms with Gasteiger partial charge in [-0.2, -0.15) is 0 Å². The maximum Gasteiger partial charge on any atom is 0.0546 e. The summed E-state index contributed by atoms with van der Waals surface area (Å²) >= 11 is 0. The van der Waals surface area contributed by atoms with E-state index in [0.29, 0.717) is 5.92 Å². The quantitative estimate of drug-likeness (QED) is 0.140. The predicted octanol–water partition coefficient (Wildman–Crippen LogP) is 19.8. The van der Waals surface area contributed by atoms with Gasteiger partial charge in [-0.3, -0.25) is 0 Å². The molecule has 2 nitrogen and oxygen atoms in total. The first-order chi connectivity index (χ1) is 35.1. The van der Waals surface area contributed by atoms with E-state index in [4.69, 9.17) is 0 Å². The van der Waals surface area contributed by atoms with Crippen LogP contribution in [0.2, 0.25) is 0 Å². The minimum absolute atomic E-state index is 0.467. The SMILES string of the molecule is CC1CC=Cc2cc(N(c3ccc4ccccc4c3)c3cc(-c4ccccc4)c4ccc5c(N(c6ccc7ccccc7c6)c6ccc7ccccc7c6)cc(-c6ccccc6)c6ccc3c4c65)ccc21. The molecule has 13 aromatic carbocycles. The van der Waals surface area contributed by atoms with Crippen LogP contribution in [0.5, 0.6) is 0 Å². The van der Waals surface area contributed by atoms with Gasteiger partial charge in [-0.05, 0) is 149 Å². The van der Waals surface area contributed by atoms with Crippen LogP contribution < -0.4 is 9.80 Å². The van der Waals surface area contributed by atoms with Gasteiger partial charge in [0.1, 0.15) is 0 Å². The molecular formula is C69H48N2. The van der Waals surface area contributed by atoms with Crippen molar-refractivity contribution in [2.45, 2.75) is 19.3 Å². The Bertz CT molecular complexity index is 4150. The summed E-state index contributed by atoms with van der Waals surface area (Å²) in [6.45, 7) is 2.34. The van der Waals surface area contributed by atoms with E-state index >= 15 is 0 Å². The van der Waals surface area contributed by atoms with Crippen molar-refractivity contribution in [3.63, 3.8) is 0 Å². The maximum atomic E-state index is 2.52. The number of hydrogen-bond donors (Lipinski definition) is 0. The lowest BCUT2D eigenvalue weighted by Crippen LogP contribution is -2.13. The van der Waals surface area contributed by atoms with Crippen molar-refractivity contribution < 1.29 is 0 Å². The first kappa shape index (κ1) is 41.0. The minimum Gasteiger partial charge on any atom is -0.310 e. The van der Waals surface area contributed by atoms with Gasteiger partial charge in [-0.1, -0.05) is 201 Å². The molecule has 1 atom stereocenters. The van der Waals surface area contributed by atoms with Gasteiger partial charge in [0.25, 0.3) is 0 Å². The van der Waals surface area contributed by atoms with E-state index in [-0.39, 0.29) is 0 Å². The van der Waals surface area contributed by atoms with Crippen molar-refractivity contribution in [3.8, 4) is 22.3 Å². The van der Waals surface area contributed by atoms with Gasteiger partial charge < -0.3 is 9.80 Å². The Morgan fingerprint density at radius 2 is 0.718 bits per heavy atom. The number of fused-ring (bicyclic) bond motifs is 4. The molecule has 0 radical (unpaired) electrons. The number of nitrogens with zero attached hydrogens (tertiary/aromatic N) is 2. The average Bonchev–Trinajstić information content (AvgIpc) is 3.43. The third kappa shape index (κ3) is 6.86. The number of hydrogen-bond acceptors (Lipinski definition) is 2. The molecule has 71 heavy (non-hydrogen) atoms. The summed E-state index contributed by atoms with van der Waals surface area (Å²) in [4.78, 5) is 5.02. The van der Waals surface area contributed by atoms with Crippen LogP contribution in [0.15, 0.2) is 249 Å². The summed E-state index contributed by atoms with van der Waals surface area (Å²) in [5.74, 6) is 0.467. The zero-order valence-corrected chi connectivity index (χ0v) is 39.4. The summed E-state index contributed by atoms with van der Waals surface area (Å²) in [6, 6.07) is 90.5. The highest BCUT2D eigenvalue weighted by Gasteiger charge is 2.27. The van der Waals surface area contributed by atoms with Gasteiger partial charge in [-0.25, -0.2) is 0 Å². The molecule has 0 spiro atoms. The number of allylic oxidation sites excluding steroid dienone is 1. The monoisotopic (exact) mass is 904 g/mol. The highest BCUT2D eigenvalue weighted by molar-refractivity contribution is 6.32. The third-order valence-corrected chi connectivity index (χ3v) is 15.1. The second kappa shape index (κ2) is 16.6. The Hall–Kier alpha value is -8.98. The molecular weight excluding hydrogens is 857 g/mol. The Kier molecular flexibility index (Phi) is 9.60. The zero-order valence-electron chi connectivity index (χ0n) is 39.4. The predicted molar refractivity (Wildman–Crippen MR) is 305 cm³/mol. The second-order valence-corrected chi connectivity index (χ2v) is 19.3. The molecule has 13 aromatic rings. The van der Waals surface area contributed by atoms with E-state index in [9.17, 15) is 0 Å². The largest absolute Gasteiger partial charge is 0.310 e. The summed E-state index contributed by atoms with van der Waals surface area (Å²) < 4.78 is 0. The van der Waals surface area contributed by atoms with Crippen LogP contribution in [-0.2, 0) is 0 Å². The van der Waals surface area contributed by atoms with Crippen molar-refractivity contribution >= 4 is 105 Å². The molecule has 1 aliphatic carbocycles. The molecule has 0 aliphatic heterocycles. The molecule has 334 valence electrons. The van der Waals surface area contributed by atoms with E-state index in [2.05, 4.69) is 272 Å². The average molecular weight is 905 g/mol. The van der Waals surface area contributed by atoms with Crippen LogP contribution in [0, 0.1) is 0 Å². The van der Waals surface area contributed by atoms with E-state index in [1.165, 1.54) is 98.0 Å². The second-order valence-electron chi connectivity index (χ2n) is 19.3. The summed E-state index contributed by atoms with van der Waals surface area (Å²) in [5.41, 5.74) is 14.2. The number of benzene rings is 13. The smallest absolute Gasteiger partial charge is 0.0546 e. The maximum absolute atomic E-state index is 2.52. The Balaban J connectivity index is 1.12. The Labute approximate surface area is 413 Å². The molecule has 1 unspecified atom stereocenters. The van der Waals surface area contributed by atoms with Crippen molar-refractivity contribution in [1.29, 1.82) is 0 Å². The lowest BCUT2D eigenvalue weighted by Gasteiger charge is -2.32. The molecule has 0 bridgehead atoms. The van der Waals surface area contributed by atoms with Gasteiger partial charge >= 0.3 is 0 Å². The molecule has 0 saturated carbocycles. The Morgan fingerprint density at radius 1 is 0.338 bits per heavy atom. The van der Waals surface area contributed by atoms with Gasteiger partial charge in [0, 0.05) is 44.3 Å². The van der Waals surface area contributed by atoms with E-state index in [1.807, 2.05) is 0 Å². The molecule has 0 fully saturated rings. The van der Waals surface area contributed by atoms with E-state index in [1.54, 1.807) is 0 Å². The van der Waals surface area contributed by atoms with Crippen molar-refractivity contribution in [2.75, 3.05) is 9.80 Å². The van der Waals surface area contributed by atoms with Crippen molar-refractivity contribution in [1.82, 2.24) is 0 Å². The van der Waals surface area contributed by atoms with Crippen LogP contribution in [0.25, 0.3) is 93.0 Å². The van der Waals surface area contributed by atoms with E-state index < -0.39 is 0 Å². The fraction of sp³-hybridized carbons (Fsp3) is 0.0435. The fourth-order valence-electron chi connectivity index (χ4n) is 11.7. The van der Waals surface area contributed by atoms with Gasteiger partial charge in [0.15, 0.2) is 0 Å². The van der Waals surface area contributed by atoms with Gasteiger partial charge in [-0.15, -0.1) is 0 Å². The zero-order chi connectivity index (χ0) is 47.0. The molecule has 0 aromatic heterocycles. The lowest BCUT2D eigenvalue weighted by atomic mass is 9.85. The summed E-state index contributed by atoms with van der Waals surface area (Å²) in [6.07, 6.45) is 5.71. The molecule has 0 N–H and O–H groups in total. The molecule has 14 rings (SSSR count). The number of anilines is 6. The molecule has 0 amide bonds. The lowest BCUT2D eigenvalue weighted by molar-refractivity contribution is 0.772. The third-order valence-electron chi connectivity index (χ3n) is 15.1. The van der Waals surface area contributed by atoms with Gasteiger partial charge in [0.05, 0.1) is 11.4 Å². The highest BCUT2D eigenvalue weighted by atomic mass is 15.2. The van der Waals surface area contributed by atoms with Gasteiger partial charge in [0.2, 0.25) is 0 Å². The van der Waals surface area contributed by atoms with Crippen LogP contribution in [0.3, 0.4) is 0 Å². The van der Waals surface area contributed by atoms with Crippen LogP contribution in [0.1, 0.15) is 30.4 Å². The van der Waals surface area contributed by atoms with Crippen molar-refractivity contribution in [3.05, 3.63) is 260 Å². The summed E-state index contributed by atoms with van der Waals surface area (Å²) in [5, 5.41) is 14.6. The highest BCUT2D eigenvalue weighted by Crippen LogP contribution is 2.53. The fourth-order valence-corrected chi connectivity index (χ4v) is 11.7. The van der Waals surface area contributed by atoms with Crippen LogP contribution in [0.4, 0.5) is 34.1 Å². The standard InChI is InChI=1S/C69H48N2/c1-45-15-14-26-54-42-58(33-34-59(45)54)71(57-32-29-48-18-10-13-25-53(48)41-57)67-44-65(50-21-6-3-7-22-50)61-35-37-62-66(43-64(49-19-4-2-5-20-49)60-36-38-63(67)69(61)68(60)62)70(55-30-27-46-16-8-11-23-51(46)39-55)56-31-28-47-17-9-12-24-52(47)40-56/h2-14,16-45H,15H2,1H3. The first-order valence-corrected chi connectivity index (χ1v) is 24.9. The molecule has 0 heterocycles. The molecule has 2 heteroatoms. The molecule has 1 aliphatic rings. The van der Waals surface area contributed by atoms with E-state index in [0.717, 1.165) is 40.5 Å². The molecule has 0 saturated heterocycles. The Morgan fingerprint density at radius 3 is 1.17 bits per heavy atom. The topological polar surface area (TPSA) is 6.48 Å². The van der Waals surface area contributed by atoms with Crippen LogP contribution in [-0.4, -0.2) is 0 Å². The number of rotatable bonds is 8. The minimum atomic E-state index is 0.467. The summed E-state index contributed by atoms with van der Waals surface area (Å²) in [7, 11) is 0.